The maximum Gasteiger partial charge on any atom is 0.274 e. The van der Waals surface area contributed by atoms with E-state index in [1.165, 1.54) is 0 Å². The number of rotatable bonds is 2. The number of hydrogen-bond donors (Lipinski definition) is 0. The molecule has 1 aliphatic heterocycles. The van der Waals surface area contributed by atoms with Gasteiger partial charge in [0.05, 0.1) is 0 Å². The van der Waals surface area contributed by atoms with Gasteiger partial charge in [-0.3, -0.25) is 9.69 Å². The summed E-state index contributed by atoms with van der Waals surface area (Å²) in [6.45, 7) is 3.56. The Hall–Kier alpha value is 0.590. The van der Waals surface area contributed by atoms with Crippen molar-refractivity contribution in [1.82, 2.24) is 9.80 Å². The molecule has 0 aromatic rings. The van der Waals surface area contributed by atoms with E-state index in [-0.39, 0.29) is 0 Å². The van der Waals surface area contributed by atoms with Gasteiger partial charge in [-0.15, -0.1) is 11.6 Å². The smallest absolute Gasteiger partial charge is 0.274 e. The van der Waals surface area contributed by atoms with Crippen molar-refractivity contribution in [1.29, 1.82) is 0 Å². The number of hydrogen-bond acceptors (Lipinski definition) is 2. The van der Waals surface area contributed by atoms with Gasteiger partial charge in [0.15, 0.2) is 0 Å². The number of amides is 1. The first-order chi connectivity index (χ1) is 6.95. The van der Waals surface area contributed by atoms with E-state index in [2.05, 4.69) is 4.90 Å². The van der Waals surface area contributed by atoms with Crippen molar-refractivity contribution in [2.45, 2.75) is 3.79 Å². The Morgan fingerprint density at radius 2 is 1.67 bits per heavy atom. The van der Waals surface area contributed by atoms with Gasteiger partial charge >= 0.3 is 0 Å². The van der Waals surface area contributed by atoms with E-state index in [9.17, 15) is 4.79 Å². The zero-order chi connectivity index (χ0) is 11.5. The monoisotopic (exact) mass is 292 g/mol. The Balaban J connectivity index is 2.41. The van der Waals surface area contributed by atoms with E-state index in [0.29, 0.717) is 19.0 Å². The Morgan fingerprint density at radius 3 is 2.07 bits per heavy atom. The Kier molecular flexibility index (Phi) is 5.26. The maximum atomic E-state index is 11.6. The first-order valence-corrected chi connectivity index (χ1v) is 6.26. The number of piperazine rings is 1. The summed E-state index contributed by atoms with van der Waals surface area (Å²) >= 11 is 22.2. The van der Waals surface area contributed by atoms with Crippen LogP contribution in [0.25, 0.3) is 0 Å². The quantitative estimate of drug-likeness (QED) is 0.724. The lowest BCUT2D eigenvalue weighted by Gasteiger charge is -2.35. The Morgan fingerprint density at radius 1 is 1.13 bits per heavy atom. The second kappa shape index (κ2) is 5.78. The predicted octanol–water partition coefficient (Wildman–Crippen LogP) is 1.74. The molecule has 0 atom stereocenters. The number of carbonyl (C=O) groups is 1. The van der Waals surface area contributed by atoms with Crippen LogP contribution in [0.3, 0.4) is 0 Å². The van der Waals surface area contributed by atoms with Gasteiger partial charge in [0.1, 0.15) is 0 Å². The first kappa shape index (κ1) is 13.7. The molecule has 0 spiro atoms. The minimum absolute atomic E-state index is 0.446. The highest BCUT2D eigenvalue weighted by Gasteiger charge is 2.36. The largest absolute Gasteiger partial charge is 0.336 e. The number of carbonyl (C=O) groups excluding carboxylic acids is 1. The van der Waals surface area contributed by atoms with Gasteiger partial charge in [-0.2, -0.15) is 0 Å². The summed E-state index contributed by atoms with van der Waals surface area (Å²) in [5, 5.41) is 0. The van der Waals surface area contributed by atoms with Crippen LogP contribution in [0, 0.1) is 0 Å². The summed E-state index contributed by atoms with van der Waals surface area (Å²) in [6.07, 6.45) is 0. The van der Waals surface area contributed by atoms with Crippen LogP contribution in [-0.2, 0) is 4.79 Å². The van der Waals surface area contributed by atoms with Crippen LogP contribution in [0.1, 0.15) is 0 Å². The minimum Gasteiger partial charge on any atom is -0.336 e. The van der Waals surface area contributed by atoms with Gasteiger partial charge in [-0.1, -0.05) is 34.8 Å². The summed E-state index contributed by atoms with van der Waals surface area (Å²) < 4.78 is -1.84. The predicted molar refractivity (Wildman–Crippen MR) is 64.0 cm³/mol. The molecule has 1 saturated heterocycles. The zero-order valence-corrected chi connectivity index (χ0v) is 11.1. The molecule has 0 unspecified atom stereocenters. The topological polar surface area (TPSA) is 23.6 Å². The van der Waals surface area contributed by atoms with Gasteiger partial charge in [0.2, 0.25) is 0 Å². The third-order valence-electron chi connectivity index (χ3n) is 2.30. The van der Waals surface area contributed by atoms with Crippen molar-refractivity contribution < 1.29 is 4.79 Å². The van der Waals surface area contributed by atoms with Gasteiger partial charge in [0, 0.05) is 38.6 Å². The molecule has 3 nitrogen and oxygen atoms in total. The third kappa shape index (κ3) is 4.16. The molecule has 88 valence electrons. The Labute approximate surface area is 109 Å². The maximum absolute atomic E-state index is 11.6. The van der Waals surface area contributed by atoms with E-state index in [4.69, 9.17) is 46.4 Å². The van der Waals surface area contributed by atoms with Crippen molar-refractivity contribution in [3.05, 3.63) is 0 Å². The Bertz CT molecular complexity index is 223. The van der Waals surface area contributed by atoms with E-state index < -0.39 is 9.70 Å². The molecule has 0 N–H and O–H groups in total. The fourth-order valence-corrected chi connectivity index (χ4v) is 2.07. The van der Waals surface area contributed by atoms with Crippen molar-refractivity contribution in [2.75, 3.05) is 38.6 Å². The van der Waals surface area contributed by atoms with E-state index >= 15 is 0 Å². The molecule has 1 rings (SSSR count). The van der Waals surface area contributed by atoms with E-state index in [1.54, 1.807) is 4.90 Å². The molecule has 1 amide bonds. The molecular weight excluding hydrogens is 282 g/mol. The summed E-state index contributed by atoms with van der Waals surface area (Å²) in [6, 6.07) is 0. The molecule has 1 aliphatic rings. The van der Waals surface area contributed by atoms with Crippen LogP contribution in [0.4, 0.5) is 0 Å². The number of alkyl halides is 4. The first-order valence-electron chi connectivity index (χ1n) is 4.59. The fraction of sp³-hybridized carbons (Fsp3) is 0.875. The zero-order valence-electron chi connectivity index (χ0n) is 8.06. The number of halogens is 4. The lowest BCUT2D eigenvalue weighted by Crippen LogP contribution is -2.51. The highest BCUT2D eigenvalue weighted by molar-refractivity contribution is 6.76. The summed E-state index contributed by atoms with van der Waals surface area (Å²) in [5.74, 6) is 0.149. The second-order valence-electron chi connectivity index (χ2n) is 3.32. The molecular formula is C8H12Cl4N2O. The van der Waals surface area contributed by atoms with Crippen molar-refractivity contribution >= 4 is 52.3 Å². The van der Waals surface area contributed by atoms with Crippen LogP contribution in [0.2, 0.25) is 0 Å². The van der Waals surface area contributed by atoms with Crippen molar-refractivity contribution in [3.8, 4) is 0 Å². The normalized spacial score (nSPS) is 19.3. The van der Waals surface area contributed by atoms with E-state index in [0.717, 1.165) is 19.6 Å². The van der Waals surface area contributed by atoms with Crippen LogP contribution < -0.4 is 0 Å². The average Bonchev–Trinajstić information content (AvgIpc) is 2.17. The number of nitrogens with zero attached hydrogens (tertiary/aromatic N) is 2. The van der Waals surface area contributed by atoms with Crippen LogP contribution >= 0.6 is 46.4 Å². The lowest BCUT2D eigenvalue weighted by atomic mass is 10.3. The van der Waals surface area contributed by atoms with Crippen molar-refractivity contribution in [3.63, 3.8) is 0 Å². The molecule has 1 heterocycles. The molecule has 0 aromatic heterocycles. The summed E-state index contributed by atoms with van der Waals surface area (Å²) in [7, 11) is 0. The molecule has 0 aliphatic carbocycles. The summed E-state index contributed by atoms with van der Waals surface area (Å²) in [5.41, 5.74) is 0. The second-order valence-corrected chi connectivity index (χ2v) is 5.98. The SMILES string of the molecule is O=C(N1CCN(CCCl)CC1)C(Cl)(Cl)Cl. The lowest BCUT2D eigenvalue weighted by molar-refractivity contribution is -0.131. The van der Waals surface area contributed by atoms with Crippen LogP contribution in [0.15, 0.2) is 0 Å². The van der Waals surface area contributed by atoms with Gasteiger partial charge < -0.3 is 4.90 Å². The molecule has 15 heavy (non-hydrogen) atoms. The molecule has 0 saturated carbocycles. The fourth-order valence-electron chi connectivity index (χ4n) is 1.47. The minimum atomic E-state index is -1.84. The molecule has 0 aromatic carbocycles. The van der Waals surface area contributed by atoms with Gasteiger partial charge in [-0.05, 0) is 0 Å². The highest BCUT2D eigenvalue weighted by atomic mass is 35.6. The van der Waals surface area contributed by atoms with Gasteiger partial charge in [0.25, 0.3) is 9.70 Å². The molecule has 7 heteroatoms. The molecule has 0 radical (unpaired) electrons. The third-order valence-corrected chi connectivity index (χ3v) is 2.96. The van der Waals surface area contributed by atoms with Crippen LogP contribution in [0.5, 0.6) is 0 Å². The summed E-state index contributed by atoms with van der Waals surface area (Å²) in [4.78, 5) is 15.3. The average molecular weight is 294 g/mol. The van der Waals surface area contributed by atoms with Gasteiger partial charge in [-0.25, -0.2) is 0 Å². The van der Waals surface area contributed by atoms with E-state index in [1.807, 2.05) is 0 Å². The molecule has 0 bridgehead atoms. The standard InChI is InChI=1S/C8H12Cl4N2O/c9-1-2-13-3-5-14(6-4-13)7(15)8(10,11)12/h1-6H2. The highest BCUT2D eigenvalue weighted by Crippen LogP contribution is 2.28. The van der Waals surface area contributed by atoms with Crippen molar-refractivity contribution in [2.24, 2.45) is 0 Å². The molecule has 1 fully saturated rings. The van der Waals surface area contributed by atoms with Crippen LogP contribution in [-0.4, -0.2) is 58.1 Å².